The predicted octanol–water partition coefficient (Wildman–Crippen LogP) is 18.7. The first kappa shape index (κ1) is 61.6. The number of fused-ring (bicyclic) bond motifs is 7. The molecule has 4 aliphatic carbocycles. The molecule has 8 aromatic carbocycles. The van der Waals surface area contributed by atoms with Gasteiger partial charge in [0.2, 0.25) is 0 Å². The second kappa shape index (κ2) is 30.7. The molecule has 13 rings (SSSR count). The highest BCUT2D eigenvalue weighted by molar-refractivity contribution is 6.01. The molecule has 0 saturated carbocycles. The summed E-state index contributed by atoms with van der Waals surface area (Å²) in [6.45, 7) is 24.7. The van der Waals surface area contributed by atoms with E-state index in [0.29, 0.717) is 36.3 Å². The average molecular weight is 1110 g/mol. The van der Waals surface area contributed by atoms with Crippen LogP contribution in [0, 0.1) is 24.2 Å². The van der Waals surface area contributed by atoms with Crippen molar-refractivity contribution in [2.24, 2.45) is 20.9 Å². The van der Waals surface area contributed by atoms with Crippen LogP contribution in [-0.4, -0.2) is 19.3 Å². The van der Waals surface area contributed by atoms with Gasteiger partial charge in [0.05, 0.1) is 24.7 Å². The number of allylic oxidation sites excluding steroid dienone is 8. The molecular formula is C80H80N4O. The Bertz CT molecular complexity index is 4000. The monoisotopic (exact) mass is 1110 g/mol. The average Bonchev–Trinajstić information content (AvgIpc) is 2.48. The van der Waals surface area contributed by atoms with E-state index >= 15 is 0 Å². The molecule has 0 spiro atoms. The van der Waals surface area contributed by atoms with E-state index in [2.05, 4.69) is 201 Å². The number of hydrogen-bond acceptors (Lipinski definition) is 4. The van der Waals surface area contributed by atoms with Gasteiger partial charge in [0.15, 0.2) is 5.84 Å². The van der Waals surface area contributed by atoms with Gasteiger partial charge in [-0.2, -0.15) is 5.26 Å². The maximum Gasteiger partial charge on any atom is 0.154 e. The van der Waals surface area contributed by atoms with Gasteiger partial charge in [0.1, 0.15) is 11.0 Å². The number of hydrogen-bond donors (Lipinski definition) is 0. The van der Waals surface area contributed by atoms with Crippen molar-refractivity contribution in [3.8, 4) is 17.2 Å². The number of para-hydroxylation sites is 1. The minimum atomic E-state index is -0.139. The van der Waals surface area contributed by atoms with Crippen LogP contribution >= 0.6 is 0 Å². The first-order chi connectivity index (χ1) is 41.7. The molecule has 0 radical (unpaired) electrons. The maximum absolute atomic E-state index is 8.29. The summed E-state index contributed by atoms with van der Waals surface area (Å²) in [4.78, 5) is 12.5. The SMILES string of the molecule is C=NC(=NCc1cccc(C)c1)c1ccccc1.C=NCc1ccc(-c2ccc3c(c2)Cc2ccc4c(c2C3)C2C=CC=CC2C4(C2=CC=CCC2)c2ccccc2)cc1.C=c1oc2ccccc2/c1=C/C.CC.CCC.N#Cc1ccccc1. The van der Waals surface area contributed by atoms with Crippen LogP contribution in [0.4, 0.5) is 0 Å². The number of nitriles is 1. The third kappa shape index (κ3) is 14.5. The van der Waals surface area contributed by atoms with Crippen molar-refractivity contribution < 1.29 is 4.42 Å². The van der Waals surface area contributed by atoms with Crippen LogP contribution in [0.15, 0.2) is 262 Å². The minimum Gasteiger partial charge on any atom is -0.457 e. The molecule has 5 nitrogen and oxygen atoms in total. The van der Waals surface area contributed by atoms with E-state index in [1.54, 1.807) is 28.8 Å². The molecule has 0 saturated heterocycles. The smallest absolute Gasteiger partial charge is 0.154 e. The van der Waals surface area contributed by atoms with Crippen LogP contribution in [0.25, 0.3) is 34.8 Å². The van der Waals surface area contributed by atoms with Crippen molar-refractivity contribution in [2.45, 2.75) is 98.1 Å². The number of aryl methyl sites for hydroxylation is 1. The van der Waals surface area contributed by atoms with Crippen LogP contribution in [0.1, 0.15) is 127 Å². The zero-order chi connectivity index (χ0) is 60.0. The number of benzene rings is 8. The largest absolute Gasteiger partial charge is 0.457 e. The van der Waals surface area contributed by atoms with Crippen molar-refractivity contribution in [1.82, 2.24) is 0 Å². The summed E-state index contributed by atoms with van der Waals surface area (Å²) < 4.78 is 5.45. The van der Waals surface area contributed by atoms with Crippen LogP contribution in [0.3, 0.4) is 0 Å². The second-order valence-corrected chi connectivity index (χ2v) is 21.3. The lowest BCUT2D eigenvalue weighted by molar-refractivity contribution is 0.436. The molecule has 1 heterocycles. The Kier molecular flexibility index (Phi) is 22.2. The van der Waals surface area contributed by atoms with Gasteiger partial charge in [-0.25, -0.2) is 4.99 Å². The van der Waals surface area contributed by atoms with E-state index < -0.39 is 0 Å². The van der Waals surface area contributed by atoms with E-state index in [1.165, 1.54) is 62.1 Å². The van der Waals surface area contributed by atoms with Gasteiger partial charge in [-0.1, -0.05) is 276 Å². The minimum absolute atomic E-state index is 0.139. The molecule has 4 aliphatic rings. The van der Waals surface area contributed by atoms with Crippen molar-refractivity contribution in [2.75, 3.05) is 0 Å². The van der Waals surface area contributed by atoms with Gasteiger partial charge in [-0.05, 0) is 132 Å². The molecule has 0 fully saturated rings. The molecule has 3 unspecified atom stereocenters. The Morgan fingerprint density at radius 3 is 2.01 bits per heavy atom. The fourth-order valence-corrected chi connectivity index (χ4v) is 12.0. The molecule has 0 N–H and O–H groups in total. The van der Waals surface area contributed by atoms with Crippen LogP contribution < -0.4 is 10.6 Å². The van der Waals surface area contributed by atoms with Gasteiger partial charge in [-0.15, -0.1) is 0 Å². The van der Waals surface area contributed by atoms with Gasteiger partial charge in [0.25, 0.3) is 0 Å². The lowest BCUT2D eigenvalue weighted by Crippen LogP contribution is -2.36. The third-order valence-corrected chi connectivity index (χ3v) is 15.7. The second-order valence-electron chi connectivity index (χ2n) is 21.3. The summed E-state index contributed by atoms with van der Waals surface area (Å²) >= 11 is 0. The lowest BCUT2D eigenvalue weighted by atomic mass is 9.61. The molecule has 426 valence electrons. The molecule has 1 aromatic heterocycles. The van der Waals surface area contributed by atoms with E-state index in [0.717, 1.165) is 52.9 Å². The Morgan fingerprint density at radius 2 is 1.35 bits per heavy atom. The quantitative estimate of drug-likeness (QED) is 0.112. The summed E-state index contributed by atoms with van der Waals surface area (Å²) in [5.41, 5.74) is 21.5. The van der Waals surface area contributed by atoms with E-state index in [9.17, 15) is 0 Å². The molecule has 85 heavy (non-hydrogen) atoms. The first-order valence-electron chi connectivity index (χ1n) is 30.0. The van der Waals surface area contributed by atoms with E-state index in [4.69, 9.17) is 9.68 Å². The normalized spacial score (nSPS) is 16.6. The first-order valence-corrected chi connectivity index (χ1v) is 30.0. The molecule has 0 bridgehead atoms. The van der Waals surface area contributed by atoms with Gasteiger partial charge >= 0.3 is 0 Å². The fourth-order valence-electron chi connectivity index (χ4n) is 12.0. The Morgan fingerprint density at radius 1 is 0.682 bits per heavy atom. The van der Waals surface area contributed by atoms with Crippen LogP contribution in [0.2, 0.25) is 0 Å². The summed E-state index contributed by atoms with van der Waals surface area (Å²) in [6.07, 6.45) is 24.1. The summed E-state index contributed by atoms with van der Waals surface area (Å²) in [5, 5.41) is 10.5. The molecule has 9 aromatic rings. The van der Waals surface area contributed by atoms with E-state index in [1.807, 2.05) is 112 Å². The summed E-state index contributed by atoms with van der Waals surface area (Å²) in [5.74, 6) is 1.46. The highest BCUT2D eigenvalue weighted by atomic mass is 16.3. The Balaban J connectivity index is 0.000000178. The van der Waals surface area contributed by atoms with Gasteiger partial charge < -0.3 is 4.42 Å². The third-order valence-electron chi connectivity index (χ3n) is 15.7. The standard InChI is InChI=1S/C41H35N.C16H16N2.C11H10O.C7H5N.C3H8.C2H6/c1-42-27-28-16-18-29(19-17-28)30-20-21-31-26-37-32(25-33(31)24-30)22-23-39-40(37)36-14-8-9-15-38(36)41(39,34-10-4-2-5-11-34)35-12-6-3-7-13-35;1-13-7-6-8-14(11-13)12-18-16(17-2)15-9-4-3-5-10-15;1-3-9-8(2)12-11-7-5-4-6-10(9)11;8-6-7-4-2-1-3-5-7;1-3-2;1-2/h2-6,8-12,14-24,36,38H,1,7,13,25-27H2;3-11H,2,12H2,1H3;3-7H,2H2,1H3;1-5H;3H2,1-2H3;1-2H3/b;;9-3+;;;. The zero-order valence-electron chi connectivity index (χ0n) is 50.5. The highest BCUT2D eigenvalue weighted by Gasteiger charge is 2.54. The van der Waals surface area contributed by atoms with Crippen molar-refractivity contribution in [1.29, 1.82) is 5.26 Å². The molecule has 0 amide bonds. The summed E-state index contributed by atoms with van der Waals surface area (Å²) in [7, 11) is 0. The molecule has 5 heteroatoms. The molecule has 0 aliphatic heterocycles. The maximum atomic E-state index is 8.29. The number of nitrogens with zero attached hydrogens (tertiary/aromatic N) is 4. The molecule has 3 atom stereocenters. The number of aliphatic imine (C=N–C) groups is 3. The number of rotatable bonds is 8. The Labute approximate surface area is 505 Å². The Hall–Kier alpha value is -9.50. The number of furan rings is 1. The lowest BCUT2D eigenvalue weighted by Gasteiger charge is -2.41. The highest BCUT2D eigenvalue weighted by Crippen LogP contribution is 2.62. The number of amidine groups is 1. The van der Waals surface area contributed by atoms with E-state index in [-0.39, 0.29) is 5.41 Å². The predicted molar refractivity (Wildman–Crippen MR) is 362 cm³/mol. The summed E-state index contributed by atoms with van der Waals surface area (Å²) in [6, 6.07) is 69.6. The van der Waals surface area contributed by atoms with Crippen LogP contribution in [-0.2, 0) is 31.3 Å². The fraction of sp³-hybridized carbons (Fsp3) is 0.200. The van der Waals surface area contributed by atoms with Crippen LogP contribution in [0.5, 0.6) is 0 Å². The van der Waals surface area contributed by atoms with Crippen molar-refractivity contribution in [3.63, 3.8) is 0 Å². The van der Waals surface area contributed by atoms with Gasteiger partial charge in [0, 0.05) is 33.4 Å². The zero-order valence-corrected chi connectivity index (χ0v) is 50.5. The van der Waals surface area contributed by atoms with Crippen molar-refractivity contribution in [3.05, 3.63) is 320 Å². The van der Waals surface area contributed by atoms with Gasteiger partial charge in [-0.3, -0.25) is 9.98 Å². The van der Waals surface area contributed by atoms with Crippen molar-refractivity contribution >= 4 is 42.9 Å². The topological polar surface area (TPSA) is 74.0 Å². The molecular weight excluding hydrogens is 1030 g/mol.